The van der Waals surface area contributed by atoms with Crippen LogP contribution in [0, 0.1) is 5.41 Å². The van der Waals surface area contributed by atoms with Gasteiger partial charge in [0.05, 0.1) is 11.0 Å². The van der Waals surface area contributed by atoms with Crippen LogP contribution in [0.4, 0.5) is 0 Å². The zero-order chi connectivity index (χ0) is 9.84. The van der Waals surface area contributed by atoms with Gasteiger partial charge in [-0.2, -0.15) is 5.90 Å². The molecule has 1 rings (SSSR count). The van der Waals surface area contributed by atoms with Gasteiger partial charge >= 0.3 is 0 Å². The van der Waals surface area contributed by atoms with Crippen molar-refractivity contribution in [2.75, 3.05) is 12.8 Å². The van der Waals surface area contributed by atoms with E-state index in [0.29, 0.717) is 0 Å². The van der Waals surface area contributed by atoms with Gasteiger partial charge in [-0.1, -0.05) is 6.42 Å². The van der Waals surface area contributed by atoms with Gasteiger partial charge in [0.25, 0.3) is 0 Å². The molecule has 0 spiro atoms. The van der Waals surface area contributed by atoms with E-state index in [1.807, 2.05) is 0 Å². The van der Waals surface area contributed by atoms with Gasteiger partial charge in [-0.15, -0.1) is 0 Å². The minimum absolute atomic E-state index is 0.00917. The lowest BCUT2D eigenvalue weighted by Gasteiger charge is -2.32. The van der Waals surface area contributed by atoms with Crippen molar-refractivity contribution in [1.29, 1.82) is 5.41 Å². The van der Waals surface area contributed by atoms with E-state index < -0.39 is 11.0 Å². The summed E-state index contributed by atoms with van der Waals surface area (Å²) >= 11 is 0. The van der Waals surface area contributed by atoms with Crippen molar-refractivity contribution < 1.29 is 9.05 Å². The summed E-state index contributed by atoms with van der Waals surface area (Å²) in [7, 11) is -1.05. The molecule has 0 aromatic rings. The van der Waals surface area contributed by atoms with Gasteiger partial charge in [-0.05, 0) is 12.8 Å². The summed E-state index contributed by atoms with van der Waals surface area (Å²) in [6.07, 6.45) is 4.47. The molecular formula is C7H15N3O2S. The van der Waals surface area contributed by atoms with Crippen LogP contribution < -0.4 is 5.90 Å². The minimum atomic E-state index is -1.05. The van der Waals surface area contributed by atoms with Crippen molar-refractivity contribution in [3.05, 3.63) is 0 Å². The summed E-state index contributed by atoms with van der Waals surface area (Å²) in [4.78, 5) is 4.38. The fourth-order valence-electron chi connectivity index (χ4n) is 1.55. The maximum Gasteiger partial charge on any atom is 0.224 e. The molecule has 13 heavy (non-hydrogen) atoms. The van der Waals surface area contributed by atoms with Crippen LogP contribution in [0.3, 0.4) is 0 Å². The second-order valence-electron chi connectivity index (χ2n) is 3.06. The van der Waals surface area contributed by atoms with Crippen molar-refractivity contribution in [2.24, 2.45) is 5.90 Å². The van der Waals surface area contributed by atoms with Gasteiger partial charge < -0.3 is 4.84 Å². The number of nitrogens with two attached hydrogens (primary N) is 1. The van der Waals surface area contributed by atoms with E-state index in [2.05, 4.69) is 4.84 Å². The predicted octanol–water partition coefficient (Wildman–Crippen LogP) is 0.00197. The highest BCUT2D eigenvalue weighted by Crippen LogP contribution is 2.18. The van der Waals surface area contributed by atoms with E-state index in [1.54, 1.807) is 10.6 Å². The van der Waals surface area contributed by atoms with Crippen LogP contribution in [0.15, 0.2) is 0 Å². The molecule has 0 aliphatic carbocycles. The van der Waals surface area contributed by atoms with Gasteiger partial charge in [0.1, 0.15) is 6.04 Å². The summed E-state index contributed by atoms with van der Waals surface area (Å²) in [5, 5.41) is 7.43. The molecule has 5 nitrogen and oxygen atoms in total. The summed E-state index contributed by atoms with van der Waals surface area (Å²) in [6, 6.07) is -0.204. The molecule has 0 aromatic heterocycles. The molecule has 0 amide bonds. The first-order valence-electron chi connectivity index (χ1n) is 4.22. The van der Waals surface area contributed by atoms with Crippen LogP contribution in [0.5, 0.6) is 0 Å². The molecule has 2 unspecified atom stereocenters. The van der Waals surface area contributed by atoms with Crippen LogP contribution in [0.2, 0.25) is 0 Å². The summed E-state index contributed by atoms with van der Waals surface area (Å²) in [5.74, 6) is 4.92. The van der Waals surface area contributed by atoms with Crippen molar-refractivity contribution in [1.82, 2.24) is 4.31 Å². The maximum absolute atomic E-state index is 11.3. The van der Waals surface area contributed by atoms with Crippen LogP contribution in [0.1, 0.15) is 19.3 Å². The predicted molar refractivity (Wildman–Crippen MR) is 51.4 cm³/mol. The first-order chi connectivity index (χ1) is 6.16. The van der Waals surface area contributed by atoms with Gasteiger partial charge in [0.15, 0.2) is 0 Å². The molecule has 1 aliphatic rings. The van der Waals surface area contributed by atoms with E-state index in [4.69, 9.17) is 11.3 Å². The first kappa shape index (κ1) is 10.6. The third-order valence-electron chi connectivity index (χ3n) is 2.21. The molecule has 1 aliphatic heterocycles. The molecule has 1 saturated heterocycles. The number of rotatable bonds is 2. The lowest BCUT2D eigenvalue weighted by molar-refractivity contribution is 0.240. The maximum atomic E-state index is 11.3. The van der Waals surface area contributed by atoms with Gasteiger partial charge in [-0.25, -0.2) is 8.51 Å². The van der Waals surface area contributed by atoms with Crippen LogP contribution in [-0.4, -0.2) is 33.3 Å². The molecule has 1 fully saturated rings. The SMILES string of the molecule is CS(=O)N1CCCCC1C(=N)ON. The van der Waals surface area contributed by atoms with Crippen LogP contribution in [0.25, 0.3) is 0 Å². The molecule has 2 atom stereocenters. The Morgan fingerprint density at radius 2 is 2.38 bits per heavy atom. The largest absolute Gasteiger partial charge is 0.395 e. The minimum Gasteiger partial charge on any atom is -0.395 e. The van der Waals surface area contributed by atoms with E-state index in [-0.39, 0.29) is 11.9 Å². The molecule has 6 heteroatoms. The zero-order valence-corrected chi connectivity index (χ0v) is 8.47. The molecule has 0 aromatic carbocycles. The Labute approximate surface area is 80.3 Å². The molecular weight excluding hydrogens is 190 g/mol. The number of nitrogens with one attached hydrogen (secondary N) is 1. The van der Waals surface area contributed by atoms with Crippen molar-refractivity contribution in [3.63, 3.8) is 0 Å². The van der Waals surface area contributed by atoms with Crippen LogP contribution in [-0.2, 0) is 15.8 Å². The number of hydrogen-bond donors (Lipinski definition) is 2. The second kappa shape index (κ2) is 4.69. The smallest absolute Gasteiger partial charge is 0.224 e. The van der Waals surface area contributed by atoms with Crippen molar-refractivity contribution in [2.45, 2.75) is 25.3 Å². The lowest BCUT2D eigenvalue weighted by Crippen LogP contribution is -2.46. The summed E-state index contributed by atoms with van der Waals surface area (Å²) in [6.45, 7) is 0.750. The molecule has 3 N–H and O–H groups in total. The average molecular weight is 205 g/mol. The van der Waals surface area contributed by atoms with Crippen molar-refractivity contribution in [3.8, 4) is 0 Å². The highest BCUT2D eigenvalue weighted by Gasteiger charge is 2.29. The van der Waals surface area contributed by atoms with Crippen molar-refractivity contribution >= 4 is 16.9 Å². The number of piperidine rings is 1. The lowest BCUT2D eigenvalue weighted by atomic mass is 10.1. The Kier molecular flexibility index (Phi) is 3.83. The van der Waals surface area contributed by atoms with E-state index in [1.165, 1.54) is 0 Å². The summed E-state index contributed by atoms with van der Waals surface area (Å²) in [5.41, 5.74) is 0. The van der Waals surface area contributed by atoms with Gasteiger partial charge in [0.2, 0.25) is 5.90 Å². The molecule has 1 heterocycles. The molecule has 0 saturated carbocycles. The molecule has 0 bridgehead atoms. The van der Waals surface area contributed by atoms with Gasteiger partial charge in [-0.3, -0.25) is 5.41 Å². The highest BCUT2D eigenvalue weighted by atomic mass is 32.2. The Hall–Kier alpha value is -0.460. The summed E-state index contributed by atoms with van der Waals surface area (Å²) < 4.78 is 13.0. The number of hydrogen-bond acceptors (Lipinski definition) is 4. The molecule has 0 radical (unpaired) electrons. The third-order valence-corrected chi connectivity index (χ3v) is 3.31. The highest BCUT2D eigenvalue weighted by molar-refractivity contribution is 7.81. The second-order valence-corrected chi connectivity index (χ2v) is 4.37. The van der Waals surface area contributed by atoms with E-state index >= 15 is 0 Å². The van der Waals surface area contributed by atoms with E-state index in [9.17, 15) is 4.21 Å². The number of nitrogens with zero attached hydrogens (tertiary/aromatic N) is 1. The third kappa shape index (κ3) is 2.49. The quantitative estimate of drug-likeness (QED) is 0.378. The van der Waals surface area contributed by atoms with Crippen LogP contribution >= 0.6 is 0 Å². The molecule has 76 valence electrons. The monoisotopic (exact) mass is 205 g/mol. The Morgan fingerprint density at radius 3 is 2.92 bits per heavy atom. The first-order valence-corrected chi connectivity index (χ1v) is 5.73. The Morgan fingerprint density at radius 1 is 1.69 bits per heavy atom. The Bertz CT molecular complexity index is 222. The zero-order valence-electron chi connectivity index (χ0n) is 7.66. The Balaban J connectivity index is 2.67. The fraction of sp³-hybridized carbons (Fsp3) is 0.857. The van der Waals surface area contributed by atoms with Gasteiger partial charge in [0, 0.05) is 12.8 Å². The fourth-order valence-corrected chi connectivity index (χ4v) is 2.50. The topological polar surface area (TPSA) is 79.4 Å². The normalized spacial score (nSPS) is 26.8. The van der Waals surface area contributed by atoms with E-state index in [0.717, 1.165) is 25.8 Å². The standard InChI is InChI=1S/C7H15N3O2S/c1-13(11)10-5-3-2-4-6(10)7(8)12-9/h6,8H,2-5,9H2,1H3. The average Bonchev–Trinajstić information content (AvgIpc) is 2.16.